The molecule has 0 radical (unpaired) electrons. The fourth-order valence-corrected chi connectivity index (χ4v) is 2.62. The number of halogens is 1. The molecule has 1 amide bonds. The Morgan fingerprint density at radius 2 is 2.10 bits per heavy atom. The molecule has 1 N–H and O–H groups in total. The maximum Gasteiger partial charge on any atom is 0.250 e. The number of fused-ring (bicyclic) bond motifs is 1. The zero-order chi connectivity index (χ0) is 14.1. The standard InChI is InChI=1S/C15H13BrN2O2/c1-20-12-4-2-3-11(8-12)18-14-6-5-10(16)7-13(14)17-9-15(18)19/h2-8,17H,9H2,1H3. The summed E-state index contributed by atoms with van der Waals surface area (Å²) in [4.78, 5) is 14.0. The molecule has 4 nitrogen and oxygen atoms in total. The molecule has 0 saturated heterocycles. The van der Waals surface area contributed by atoms with Crippen LogP contribution in [0, 0.1) is 0 Å². The van der Waals surface area contributed by atoms with Crippen molar-refractivity contribution < 1.29 is 9.53 Å². The molecule has 20 heavy (non-hydrogen) atoms. The largest absolute Gasteiger partial charge is 0.497 e. The monoisotopic (exact) mass is 332 g/mol. The molecule has 5 heteroatoms. The van der Waals surface area contributed by atoms with Crippen LogP contribution >= 0.6 is 15.9 Å². The van der Waals surface area contributed by atoms with Crippen molar-refractivity contribution >= 4 is 38.9 Å². The number of carbonyl (C=O) groups is 1. The van der Waals surface area contributed by atoms with E-state index in [0.29, 0.717) is 0 Å². The molecule has 1 heterocycles. The van der Waals surface area contributed by atoms with E-state index in [2.05, 4.69) is 21.2 Å². The minimum atomic E-state index is 0.00748. The molecule has 0 fully saturated rings. The number of methoxy groups -OCH3 is 1. The lowest BCUT2D eigenvalue weighted by Gasteiger charge is -2.30. The molecule has 3 rings (SSSR count). The Morgan fingerprint density at radius 1 is 1.25 bits per heavy atom. The van der Waals surface area contributed by atoms with Gasteiger partial charge in [0.05, 0.1) is 30.7 Å². The molecular weight excluding hydrogens is 320 g/mol. The summed E-state index contributed by atoms with van der Waals surface area (Å²) in [5, 5.41) is 3.13. The zero-order valence-corrected chi connectivity index (χ0v) is 12.5. The predicted molar refractivity (Wildman–Crippen MR) is 82.8 cm³/mol. The number of carbonyl (C=O) groups excluding carboxylic acids is 1. The minimum absolute atomic E-state index is 0.00748. The smallest absolute Gasteiger partial charge is 0.250 e. The lowest BCUT2D eigenvalue weighted by atomic mass is 10.1. The SMILES string of the molecule is COc1cccc(N2C(=O)CNc3cc(Br)ccc32)c1. The summed E-state index contributed by atoms with van der Waals surface area (Å²) in [5.74, 6) is 0.737. The van der Waals surface area contributed by atoms with Crippen LogP contribution in [0.5, 0.6) is 5.75 Å². The second-order valence-corrected chi connectivity index (χ2v) is 5.36. The Morgan fingerprint density at radius 3 is 2.90 bits per heavy atom. The highest BCUT2D eigenvalue weighted by atomic mass is 79.9. The fraction of sp³-hybridized carbons (Fsp3) is 0.133. The van der Waals surface area contributed by atoms with Crippen molar-refractivity contribution in [1.29, 1.82) is 0 Å². The van der Waals surface area contributed by atoms with Gasteiger partial charge in [0.1, 0.15) is 5.75 Å². The summed E-state index contributed by atoms with van der Waals surface area (Å²) >= 11 is 3.44. The van der Waals surface area contributed by atoms with Crippen LogP contribution in [0.2, 0.25) is 0 Å². The summed E-state index contributed by atoms with van der Waals surface area (Å²) in [6.07, 6.45) is 0. The van der Waals surface area contributed by atoms with Crippen molar-refractivity contribution in [2.45, 2.75) is 0 Å². The Balaban J connectivity index is 2.10. The first-order valence-corrected chi connectivity index (χ1v) is 6.99. The maximum absolute atomic E-state index is 12.3. The van der Waals surface area contributed by atoms with Crippen molar-refractivity contribution in [3.05, 3.63) is 46.9 Å². The highest BCUT2D eigenvalue weighted by Gasteiger charge is 2.25. The Labute approximate surface area is 125 Å². The van der Waals surface area contributed by atoms with Crippen molar-refractivity contribution in [1.82, 2.24) is 0 Å². The van der Waals surface area contributed by atoms with E-state index < -0.39 is 0 Å². The second kappa shape index (κ2) is 5.17. The van der Waals surface area contributed by atoms with Gasteiger partial charge in [0, 0.05) is 10.5 Å². The van der Waals surface area contributed by atoms with Crippen molar-refractivity contribution in [2.24, 2.45) is 0 Å². The quantitative estimate of drug-likeness (QED) is 0.914. The van der Waals surface area contributed by atoms with E-state index in [-0.39, 0.29) is 12.5 Å². The van der Waals surface area contributed by atoms with E-state index in [4.69, 9.17) is 4.74 Å². The lowest BCUT2D eigenvalue weighted by Crippen LogP contribution is -2.36. The van der Waals surface area contributed by atoms with Gasteiger partial charge in [0.25, 0.3) is 5.91 Å². The zero-order valence-electron chi connectivity index (χ0n) is 10.9. The third kappa shape index (κ3) is 2.25. The van der Waals surface area contributed by atoms with Gasteiger partial charge in [0.15, 0.2) is 0 Å². The van der Waals surface area contributed by atoms with Crippen LogP contribution < -0.4 is 15.0 Å². The van der Waals surface area contributed by atoms with E-state index in [1.165, 1.54) is 0 Å². The van der Waals surface area contributed by atoms with Crippen molar-refractivity contribution in [2.75, 3.05) is 23.9 Å². The number of nitrogens with zero attached hydrogens (tertiary/aromatic N) is 1. The van der Waals surface area contributed by atoms with Crippen LogP contribution in [0.3, 0.4) is 0 Å². The van der Waals surface area contributed by atoms with E-state index in [9.17, 15) is 4.79 Å². The van der Waals surface area contributed by atoms with Gasteiger partial charge in [-0.15, -0.1) is 0 Å². The predicted octanol–water partition coefficient (Wildman–Crippen LogP) is 3.55. The molecule has 102 valence electrons. The van der Waals surface area contributed by atoms with Crippen molar-refractivity contribution in [3.63, 3.8) is 0 Å². The van der Waals surface area contributed by atoms with Crippen LogP contribution in [0.25, 0.3) is 0 Å². The molecule has 1 aliphatic heterocycles. The number of anilines is 3. The number of ether oxygens (including phenoxy) is 1. The average molecular weight is 333 g/mol. The maximum atomic E-state index is 12.3. The molecule has 0 bridgehead atoms. The highest BCUT2D eigenvalue weighted by Crippen LogP contribution is 2.37. The molecule has 0 unspecified atom stereocenters. The summed E-state index contributed by atoms with van der Waals surface area (Å²) in [5.41, 5.74) is 2.58. The number of benzene rings is 2. The molecule has 0 atom stereocenters. The number of hydrogen-bond acceptors (Lipinski definition) is 3. The van der Waals surface area contributed by atoms with E-state index in [1.54, 1.807) is 12.0 Å². The Bertz CT molecular complexity index is 673. The summed E-state index contributed by atoms with van der Waals surface area (Å²) < 4.78 is 6.20. The number of nitrogens with one attached hydrogen (secondary N) is 1. The topological polar surface area (TPSA) is 41.6 Å². The normalized spacial score (nSPS) is 13.7. The average Bonchev–Trinajstić information content (AvgIpc) is 2.47. The summed E-state index contributed by atoms with van der Waals surface area (Å²) in [6, 6.07) is 13.3. The first kappa shape index (κ1) is 13.0. The fourth-order valence-electron chi connectivity index (χ4n) is 2.26. The second-order valence-electron chi connectivity index (χ2n) is 4.45. The van der Waals surface area contributed by atoms with Gasteiger partial charge < -0.3 is 10.1 Å². The van der Waals surface area contributed by atoms with Gasteiger partial charge in [-0.05, 0) is 30.3 Å². The van der Waals surface area contributed by atoms with Crippen LogP contribution in [0.4, 0.5) is 17.1 Å². The lowest BCUT2D eigenvalue weighted by molar-refractivity contribution is -0.116. The van der Waals surface area contributed by atoms with E-state index in [0.717, 1.165) is 27.3 Å². The Kier molecular flexibility index (Phi) is 3.36. The van der Waals surface area contributed by atoms with Gasteiger partial charge in [-0.1, -0.05) is 22.0 Å². The van der Waals surface area contributed by atoms with Gasteiger partial charge >= 0.3 is 0 Å². The Hall–Kier alpha value is -2.01. The summed E-state index contributed by atoms with van der Waals surface area (Å²) in [6.45, 7) is 0.278. The third-order valence-corrected chi connectivity index (χ3v) is 3.68. The van der Waals surface area contributed by atoms with Crippen LogP contribution in [-0.2, 0) is 4.79 Å². The third-order valence-electron chi connectivity index (χ3n) is 3.19. The number of rotatable bonds is 2. The van der Waals surface area contributed by atoms with Crippen LogP contribution in [0.1, 0.15) is 0 Å². The molecule has 1 aliphatic rings. The molecule has 0 aromatic heterocycles. The first-order chi connectivity index (χ1) is 9.69. The molecule has 0 saturated carbocycles. The molecule has 0 spiro atoms. The highest BCUT2D eigenvalue weighted by molar-refractivity contribution is 9.10. The van der Waals surface area contributed by atoms with Gasteiger partial charge in [-0.25, -0.2) is 0 Å². The number of hydrogen-bond donors (Lipinski definition) is 1. The van der Waals surface area contributed by atoms with Gasteiger partial charge in [0.2, 0.25) is 0 Å². The molecule has 2 aromatic rings. The van der Waals surface area contributed by atoms with Crippen molar-refractivity contribution in [3.8, 4) is 5.75 Å². The van der Waals surface area contributed by atoms with E-state index >= 15 is 0 Å². The first-order valence-electron chi connectivity index (χ1n) is 6.19. The molecule has 2 aromatic carbocycles. The number of amides is 1. The minimum Gasteiger partial charge on any atom is -0.497 e. The summed E-state index contributed by atoms with van der Waals surface area (Å²) in [7, 11) is 1.61. The molecular formula is C15H13BrN2O2. The van der Waals surface area contributed by atoms with Crippen LogP contribution in [-0.4, -0.2) is 19.6 Å². The van der Waals surface area contributed by atoms with Gasteiger partial charge in [-0.3, -0.25) is 9.69 Å². The molecule has 0 aliphatic carbocycles. The van der Waals surface area contributed by atoms with Crippen LogP contribution in [0.15, 0.2) is 46.9 Å². The van der Waals surface area contributed by atoms with Gasteiger partial charge in [-0.2, -0.15) is 0 Å². The van der Waals surface area contributed by atoms with E-state index in [1.807, 2.05) is 42.5 Å².